The highest BCUT2D eigenvalue weighted by Gasteiger charge is 2.27. The summed E-state index contributed by atoms with van der Waals surface area (Å²) in [6, 6.07) is 4.95. The van der Waals surface area contributed by atoms with Gasteiger partial charge in [0.15, 0.2) is 5.78 Å². The summed E-state index contributed by atoms with van der Waals surface area (Å²) in [5.74, 6) is -0.243. The lowest BCUT2D eigenvalue weighted by molar-refractivity contribution is -0.125. The minimum atomic E-state index is -3.90. The highest BCUT2D eigenvalue weighted by molar-refractivity contribution is 7.89. The number of morpholine rings is 1. The van der Waals surface area contributed by atoms with Gasteiger partial charge in [-0.25, -0.2) is 21.6 Å². The summed E-state index contributed by atoms with van der Waals surface area (Å²) in [5.41, 5.74) is -0.654. The van der Waals surface area contributed by atoms with E-state index in [4.69, 9.17) is 4.74 Å². The lowest BCUT2D eigenvalue weighted by atomic mass is 9.91. The van der Waals surface area contributed by atoms with Gasteiger partial charge >= 0.3 is 0 Å². The van der Waals surface area contributed by atoms with Crippen LogP contribution in [0.3, 0.4) is 0 Å². The Balaban J connectivity index is 2.14. The molecular formula is C16H24N2O6S2. The van der Waals surface area contributed by atoms with Gasteiger partial charge in [-0.05, 0) is 24.3 Å². The van der Waals surface area contributed by atoms with E-state index in [0.29, 0.717) is 13.2 Å². The van der Waals surface area contributed by atoms with Crippen molar-refractivity contribution in [2.75, 3.05) is 32.8 Å². The highest BCUT2D eigenvalue weighted by atomic mass is 32.2. The zero-order valence-electron chi connectivity index (χ0n) is 15.1. The topological polar surface area (TPSA) is 110 Å². The van der Waals surface area contributed by atoms with Crippen LogP contribution in [0.15, 0.2) is 34.1 Å². The van der Waals surface area contributed by atoms with Crippen LogP contribution in [-0.2, 0) is 29.6 Å². The molecule has 0 aromatic heterocycles. The third-order valence-electron chi connectivity index (χ3n) is 4.00. The molecule has 0 bridgehead atoms. The summed E-state index contributed by atoms with van der Waals surface area (Å²) in [5, 5.41) is 0. The van der Waals surface area contributed by atoms with E-state index in [-0.39, 0.29) is 35.2 Å². The van der Waals surface area contributed by atoms with Crippen molar-refractivity contribution in [1.29, 1.82) is 0 Å². The number of sulfonamides is 2. The largest absolute Gasteiger partial charge is 0.379 e. The lowest BCUT2D eigenvalue weighted by Gasteiger charge is -2.26. The first-order valence-electron chi connectivity index (χ1n) is 8.15. The van der Waals surface area contributed by atoms with Crippen molar-refractivity contribution in [3.63, 3.8) is 0 Å². The van der Waals surface area contributed by atoms with Crippen molar-refractivity contribution < 1.29 is 26.4 Å². The number of Topliss-reactive ketones (excluding diaryl/α,β-unsaturated/α-hetero) is 1. The number of carbonyl (C=O) groups excluding carboxylic acids is 1. The van der Waals surface area contributed by atoms with Crippen LogP contribution < -0.4 is 4.72 Å². The molecule has 0 radical (unpaired) electrons. The van der Waals surface area contributed by atoms with Crippen LogP contribution in [0.25, 0.3) is 0 Å². The first-order chi connectivity index (χ1) is 11.9. The van der Waals surface area contributed by atoms with Gasteiger partial charge in [-0.3, -0.25) is 4.79 Å². The number of hydrogen-bond acceptors (Lipinski definition) is 6. The van der Waals surface area contributed by atoms with E-state index in [2.05, 4.69) is 4.72 Å². The summed E-state index contributed by atoms with van der Waals surface area (Å²) in [4.78, 5) is 11.8. The standard InChI is InChI=1S/C16H24N2O6S2/c1-16(2,3)15(19)12-17-25(20,21)13-4-6-14(7-5-13)26(22,23)18-8-10-24-11-9-18/h4-7,17H,8-12H2,1-3H3. The van der Waals surface area contributed by atoms with Crippen LogP contribution >= 0.6 is 0 Å². The number of carbonyl (C=O) groups is 1. The Morgan fingerprint density at radius 2 is 1.54 bits per heavy atom. The molecule has 0 amide bonds. The second kappa shape index (κ2) is 7.73. The molecule has 1 aromatic rings. The molecule has 1 saturated heterocycles. The highest BCUT2D eigenvalue weighted by Crippen LogP contribution is 2.20. The maximum Gasteiger partial charge on any atom is 0.243 e. The molecular weight excluding hydrogens is 380 g/mol. The molecule has 1 aliphatic rings. The second-order valence-corrected chi connectivity index (χ2v) is 10.7. The molecule has 0 spiro atoms. The Labute approximate surface area is 154 Å². The molecule has 0 unspecified atom stereocenters. The van der Waals surface area contributed by atoms with Gasteiger partial charge in [0.05, 0.1) is 29.5 Å². The molecule has 1 fully saturated rings. The van der Waals surface area contributed by atoms with Crippen molar-refractivity contribution in [2.24, 2.45) is 5.41 Å². The first-order valence-corrected chi connectivity index (χ1v) is 11.1. The third-order valence-corrected chi connectivity index (χ3v) is 7.33. The van der Waals surface area contributed by atoms with E-state index in [0.717, 1.165) is 0 Å². The molecule has 8 nitrogen and oxygen atoms in total. The quantitative estimate of drug-likeness (QED) is 0.744. The summed E-state index contributed by atoms with van der Waals surface area (Å²) >= 11 is 0. The number of hydrogen-bond donors (Lipinski definition) is 1. The zero-order chi connectivity index (χ0) is 19.6. The van der Waals surface area contributed by atoms with E-state index < -0.39 is 25.5 Å². The molecule has 1 aliphatic heterocycles. The van der Waals surface area contributed by atoms with Gasteiger partial charge in [-0.1, -0.05) is 20.8 Å². The van der Waals surface area contributed by atoms with E-state index >= 15 is 0 Å². The smallest absolute Gasteiger partial charge is 0.243 e. The van der Waals surface area contributed by atoms with Gasteiger partial charge in [0, 0.05) is 18.5 Å². The summed E-state index contributed by atoms with van der Waals surface area (Å²) in [6.07, 6.45) is 0. The van der Waals surface area contributed by atoms with Gasteiger partial charge in [-0.2, -0.15) is 4.31 Å². The minimum absolute atomic E-state index is 0.0177. The molecule has 1 N–H and O–H groups in total. The Hall–Kier alpha value is -1.33. The van der Waals surface area contributed by atoms with Crippen LogP contribution in [0.2, 0.25) is 0 Å². The molecule has 0 aliphatic carbocycles. The SMILES string of the molecule is CC(C)(C)C(=O)CNS(=O)(=O)c1ccc(S(=O)(=O)N2CCOCC2)cc1. The summed E-state index contributed by atoms with van der Waals surface area (Å²) in [6.45, 7) is 5.98. The maximum absolute atomic E-state index is 12.5. The number of nitrogens with one attached hydrogen (secondary N) is 1. The average Bonchev–Trinajstić information content (AvgIpc) is 2.59. The fourth-order valence-corrected chi connectivity index (χ4v) is 4.63. The van der Waals surface area contributed by atoms with Crippen LogP contribution in [-0.4, -0.2) is 59.8 Å². The van der Waals surface area contributed by atoms with Crippen molar-refractivity contribution in [3.8, 4) is 0 Å². The Bertz CT molecular complexity index is 849. The van der Waals surface area contributed by atoms with Crippen LogP contribution in [0, 0.1) is 5.41 Å². The average molecular weight is 405 g/mol. The predicted octanol–water partition coefficient (Wildman–Crippen LogP) is 0.601. The van der Waals surface area contributed by atoms with E-state index in [1.807, 2.05) is 0 Å². The molecule has 26 heavy (non-hydrogen) atoms. The number of ketones is 1. The molecule has 1 heterocycles. The van der Waals surface area contributed by atoms with Crippen LogP contribution in [0.5, 0.6) is 0 Å². The van der Waals surface area contributed by atoms with E-state index in [1.165, 1.54) is 28.6 Å². The fraction of sp³-hybridized carbons (Fsp3) is 0.562. The minimum Gasteiger partial charge on any atom is -0.379 e. The summed E-state index contributed by atoms with van der Waals surface area (Å²) in [7, 11) is -7.59. The fourth-order valence-electron chi connectivity index (χ4n) is 2.24. The lowest BCUT2D eigenvalue weighted by Crippen LogP contribution is -2.40. The Morgan fingerprint density at radius 1 is 1.04 bits per heavy atom. The van der Waals surface area contributed by atoms with Crippen molar-refractivity contribution in [2.45, 2.75) is 30.6 Å². The second-order valence-electron chi connectivity index (χ2n) is 6.99. The normalized spacial score (nSPS) is 17.2. The molecule has 2 rings (SSSR count). The zero-order valence-corrected chi connectivity index (χ0v) is 16.7. The van der Waals surface area contributed by atoms with Crippen LogP contribution in [0.1, 0.15) is 20.8 Å². The molecule has 10 heteroatoms. The first kappa shape index (κ1) is 21.0. The Kier molecular flexibility index (Phi) is 6.24. The summed E-state index contributed by atoms with van der Waals surface area (Å²) < 4.78 is 58.3. The molecule has 146 valence electrons. The van der Waals surface area contributed by atoms with Gasteiger partial charge < -0.3 is 4.74 Å². The van der Waals surface area contributed by atoms with Gasteiger partial charge in [0.1, 0.15) is 0 Å². The number of nitrogens with zero attached hydrogens (tertiary/aromatic N) is 1. The molecule has 1 aromatic carbocycles. The number of rotatable bonds is 6. The number of ether oxygens (including phenoxy) is 1. The van der Waals surface area contributed by atoms with Crippen molar-refractivity contribution >= 4 is 25.8 Å². The third kappa shape index (κ3) is 4.89. The van der Waals surface area contributed by atoms with Gasteiger partial charge in [0.25, 0.3) is 0 Å². The van der Waals surface area contributed by atoms with Gasteiger partial charge in [0.2, 0.25) is 20.0 Å². The Morgan fingerprint density at radius 3 is 2.04 bits per heavy atom. The number of benzene rings is 1. The van der Waals surface area contributed by atoms with E-state index in [9.17, 15) is 21.6 Å². The molecule has 0 saturated carbocycles. The van der Waals surface area contributed by atoms with Crippen LogP contribution in [0.4, 0.5) is 0 Å². The van der Waals surface area contributed by atoms with E-state index in [1.54, 1.807) is 20.8 Å². The molecule has 0 atom stereocenters. The van der Waals surface area contributed by atoms with Crippen molar-refractivity contribution in [1.82, 2.24) is 9.03 Å². The van der Waals surface area contributed by atoms with Gasteiger partial charge in [-0.15, -0.1) is 0 Å². The van der Waals surface area contributed by atoms with Crippen molar-refractivity contribution in [3.05, 3.63) is 24.3 Å². The predicted molar refractivity (Wildman–Crippen MR) is 95.7 cm³/mol. The maximum atomic E-state index is 12.5. The monoisotopic (exact) mass is 404 g/mol.